The molecule has 106 valence electrons. The molecule has 0 aromatic heterocycles. The Morgan fingerprint density at radius 2 is 2.16 bits per heavy atom. The summed E-state index contributed by atoms with van der Waals surface area (Å²) in [6.45, 7) is 1.32. The molecule has 0 saturated carbocycles. The van der Waals surface area contributed by atoms with E-state index in [1.807, 2.05) is 6.92 Å². The number of nitrogens with two attached hydrogens (primary N) is 1. The van der Waals surface area contributed by atoms with Gasteiger partial charge in [-0.3, -0.25) is 0 Å². The van der Waals surface area contributed by atoms with Crippen LogP contribution in [0.2, 0.25) is 0 Å². The number of halogens is 4. The first-order valence-electron chi connectivity index (χ1n) is 5.30. The van der Waals surface area contributed by atoms with Gasteiger partial charge < -0.3 is 16.3 Å². The lowest BCUT2D eigenvalue weighted by Gasteiger charge is -2.20. The lowest BCUT2D eigenvalue weighted by atomic mass is 10.1. The van der Waals surface area contributed by atoms with Crippen LogP contribution in [-0.4, -0.2) is 23.8 Å². The lowest BCUT2D eigenvalue weighted by Crippen LogP contribution is -2.40. The number of nitrogens with one attached hydrogen (secondary N) is 1. The summed E-state index contributed by atoms with van der Waals surface area (Å²) in [7, 11) is 0. The molecule has 0 aliphatic heterocycles. The van der Waals surface area contributed by atoms with E-state index in [2.05, 4.69) is 26.4 Å². The molecule has 4 N–H and O–H groups in total. The van der Waals surface area contributed by atoms with Gasteiger partial charge in [0.05, 0.1) is 0 Å². The largest absolute Gasteiger partial charge is 0.409 e. The first-order chi connectivity index (χ1) is 8.75. The Morgan fingerprint density at radius 3 is 2.63 bits per heavy atom. The number of aryl methyl sites for hydroxylation is 1. The van der Waals surface area contributed by atoms with E-state index in [0.29, 0.717) is 5.69 Å². The summed E-state index contributed by atoms with van der Waals surface area (Å²) in [6, 6.07) is 5.06. The van der Waals surface area contributed by atoms with Gasteiger partial charge in [0.15, 0.2) is 5.84 Å². The average Bonchev–Trinajstić information content (AvgIpc) is 2.31. The third kappa shape index (κ3) is 4.30. The molecular weight excluding hydrogens is 327 g/mol. The van der Waals surface area contributed by atoms with Gasteiger partial charge in [-0.05, 0) is 30.7 Å². The van der Waals surface area contributed by atoms with Crippen molar-refractivity contribution in [3.05, 3.63) is 28.2 Å². The first-order valence-corrected chi connectivity index (χ1v) is 6.09. The fourth-order valence-corrected chi connectivity index (χ4v) is 1.68. The third-order valence-electron chi connectivity index (χ3n) is 2.54. The van der Waals surface area contributed by atoms with E-state index in [0.717, 1.165) is 10.0 Å². The maximum atomic E-state index is 12.7. The topological polar surface area (TPSA) is 70.6 Å². The first kappa shape index (κ1) is 15.6. The molecule has 1 aromatic rings. The number of nitrogens with zero attached hydrogens (tertiary/aromatic N) is 1. The van der Waals surface area contributed by atoms with Crippen molar-refractivity contribution in [2.45, 2.75) is 13.1 Å². The highest BCUT2D eigenvalue weighted by molar-refractivity contribution is 9.10. The molecular formula is C11H13BrF3N3O. The zero-order valence-electron chi connectivity index (χ0n) is 10.0. The molecule has 0 fully saturated rings. The summed E-state index contributed by atoms with van der Waals surface area (Å²) in [5, 5.41) is 13.4. The minimum Gasteiger partial charge on any atom is -0.409 e. The minimum absolute atomic E-state index is 0.500. The predicted molar refractivity (Wildman–Crippen MR) is 70.3 cm³/mol. The number of rotatable bonds is 4. The molecule has 0 saturated heterocycles. The number of amidine groups is 1. The maximum absolute atomic E-state index is 12.7. The Bertz CT molecular complexity index is 477. The van der Waals surface area contributed by atoms with Crippen molar-refractivity contribution in [3.63, 3.8) is 0 Å². The van der Waals surface area contributed by atoms with Gasteiger partial charge >= 0.3 is 6.18 Å². The second-order valence-corrected chi connectivity index (χ2v) is 4.82. The molecule has 0 bridgehead atoms. The maximum Gasteiger partial charge on any atom is 0.400 e. The van der Waals surface area contributed by atoms with E-state index in [9.17, 15) is 13.2 Å². The van der Waals surface area contributed by atoms with E-state index >= 15 is 0 Å². The molecule has 4 nitrogen and oxygen atoms in total. The van der Waals surface area contributed by atoms with E-state index in [1.54, 1.807) is 18.2 Å². The standard InChI is InChI=1S/C11H13BrF3N3O/c1-6-4-7(2-3-9(6)12)17-5-8(10(16)18-19)11(13,14)15/h2-4,8,17,19H,5H2,1H3,(H2,16,18). The second-order valence-electron chi connectivity index (χ2n) is 3.96. The van der Waals surface area contributed by atoms with Crippen LogP contribution in [0.1, 0.15) is 5.56 Å². The van der Waals surface area contributed by atoms with Crippen LogP contribution in [0.4, 0.5) is 18.9 Å². The monoisotopic (exact) mass is 339 g/mol. The van der Waals surface area contributed by atoms with Gasteiger partial charge in [-0.15, -0.1) is 0 Å². The smallest absolute Gasteiger partial charge is 0.400 e. The van der Waals surface area contributed by atoms with Gasteiger partial charge in [0, 0.05) is 16.7 Å². The van der Waals surface area contributed by atoms with Crippen molar-refractivity contribution in [1.29, 1.82) is 0 Å². The highest BCUT2D eigenvalue weighted by atomic mass is 79.9. The van der Waals surface area contributed by atoms with Gasteiger partial charge in [0.2, 0.25) is 0 Å². The van der Waals surface area contributed by atoms with Crippen LogP contribution in [0.15, 0.2) is 27.8 Å². The quantitative estimate of drug-likeness (QED) is 0.341. The van der Waals surface area contributed by atoms with Crippen molar-refractivity contribution < 1.29 is 18.4 Å². The molecule has 1 atom stereocenters. The Balaban J connectivity index is 2.79. The summed E-state index contributed by atoms with van der Waals surface area (Å²) >= 11 is 3.30. The van der Waals surface area contributed by atoms with Crippen LogP contribution >= 0.6 is 15.9 Å². The molecule has 0 aliphatic carbocycles. The van der Waals surface area contributed by atoms with Crippen LogP contribution in [0.3, 0.4) is 0 Å². The van der Waals surface area contributed by atoms with Gasteiger partial charge in [-0.2, -0.15) is 13.2 Å². The molecule has 1 rings (SSSR count). The van der Waals surface area contributed by atoms with E-state index in [-0.39, 0.29) is 0 Å². The number of anilines is 1. The molecule has 1 aromatic carbocycles. The number of alkyl halides is 3. The fraction of sp³-hybridized carbons (Fsp3) is 0.364. The summed E-state index contributed by atoms with van der Waals surface area (Å²) < 4.78 is 38.9. The zero-order valence-corrected chi connectivity index (χ0v) is 11.6. The van der Waals surface area contributed by atoms with Crippen molar-refractivity contribution in [2.75, 3.05) is 11.9 Å². The molecule has 1 unspecified atom stereocenters. The van der Waals surface area contributed by atoms with Crippen molar-refractivity contribution in [3.8, 4) is 0 Å². The Labute approximate surface area is 116 Å². The van der Waals surface area contributed by atoms with Gasteiger partial charge in [-0.25, -0.2) is 0 Å². The number of benzene rings is 1. The van der Waals surface area contributed by atoms with E-state index in [4.69, 9.17) is 10.9 Å². The lowest BCUT2D eigenvalue weighted by molar-refractivity contribution is -0.152. The second kappa shape index (κ2) is 6.14. The Morgan fingerprint density at radius 1 is 1.53 bits per heavy atom. The predicted octanol–water partition coefficient (Wildman–Crippen LogP) is 3.09. The summed E-state index contributed by atoms with van der Waals surface area (Å²) in [4.78, 5) is 0. The Hall–Kier alpha value is -1.44. The van der Waals surface area contributed by atoms with Crippen LogP contribution < -0.4 is 11.1 Å². The average molecular weight is 340 g/mol. The van der Waals surface area contributed by atoms with Gasteiger partial charge in [0.25, 0.3) is 0 Å². The zero-order chi connectivity index (χ0) is 14.6. The molecule has 0 heterocycles. The Kier molecular flexibility index (Phi) is 5.04. The van der Waals surface area contributed by atoms with Crippen LogP contribution in [0, 0.1) is 12.8 Å². The molecule has 8 heteroatoms. The van der Waals surface area contributed by atoms with Crippen LogP contribution in [0.25, 0.3) is 0 Å². The molecule has 0 spiro atoms. The number of oxime groups is 1. The highest BCUT2D eigenvalue weighted by Crippen LogP contribution is 2.27. The van der Waals surface area contributed by atoms with Gasteiger partial charge in [-0.1, -0.05) is 21.1 Å². The van der Waals surface area contributed by atoms with Crippen molar-refractivity contribution >= 4 is 27.5 Å². The van der Waals surface area contributed by atoms with Crippen LogP contribution in [0.5, 0.6) is 0 Å². The number of hydrogen-bond donors (Lipinski definition) is 3. The van der Waals surface area contributed by atoms with Crippen LogP contribution in [-0.2, 0) is 0 Å². The fourth-order valence-electron chi connectivity index (χ4n) is 1.43. The van der Waals surface area contributed by atoms with Crippen molar-refractivity contribution in [1.82, 2.24) is 0 Å². The molecule has 0 aliphatic rings. The van der Waals surface area contributed by atoms with E-state index in [1.165, 1.54) is 0 Å². The highest BCUT2D eigenvalue weighted by Gasteiger charge is 2.42. The minimum atomic E-state index is -4.58. The van der Waals surface area contributed by atoms with Crippen molar-refractivity contribution in [2.24, 2.45) is 16.8 Å². The normalized spacial score (nSPS) is 14.3. The van der Waals surface area contributed by atoms with E-state index < -0.39 is 24.5 Å². The summed E-state index contributed by atoms with van der Waals surface area (Å²) in [5.74, 6) is -2.91. The molecule has 0 amide bonds. The summed E-state index contributed by atoms with van der Waals surface area (Å²) in [5.41, 5.74) is 6.47. The molecule has 19 heavy (non-hydrogen) atoms. The number of hydrogen-bond acceptors (Lipinski definition) is 3. The third-order valence-corrected chi connectivity index (χ3v) is 3.43. The SMILES string of the molecule is Cc1cc(NCC(/C(N)=N/O)C(F)(F)F)ccc1Br. The van der Waals surface area contributed by atoms with Gasteiger partial charge in [0.1, 0.15) is 5.92 Å². The summed E-state index contributed by atoms with van der Waals surface area (Å²) in [6.07, 6.45) is -4.58. The molecule has 0 radical (unpaired) electrons.